The van der Waals surface area contributed by atoms with E-state index < -0.39 is 5.85 Å². The molecule has 9 heteroatoms. The van der Waals surface area contributed by atoms with Gasteiger partial charge in [0.25, 0.3) is 0 Å². The average molecular weight is 494 g/mol. The fourth-order valence-corrected chi connectivity index (χ4v) is 5.12. The number of ether oxygens (including phenoxy) is 4. The molecular weight excluding hydrogens is 458 g/mol. The second-order valence-electron chi connectivity index (χ2n) is 8.94. The first kappa shape index (κ1) is 25.9. The monoisotopic (exact) mass is 493 g/mol. The lowest BCUT2D eigenvalue weighted by Crippen LogP contribution is -2.61. The van der Waals surface area contributed by atoms with Gasteiger partial charge in [-0.15, -0.1) is 0 Å². The summed E-state index contributed by atoms with van der Waals surface area (Å²) in [5.41, 5.74) is 4.35. The maximum absolute atomic E-state index is 9.60. The first-order chi connectivity index (χ1) is 17.6. The Kier molecular flexibility index (Phi) is 8.44. The van der Waals surface area contributed by atoms with Crippen molar-refractivity contribution in [2.45, 2.75) is 44.3 Å². The van der Waals surface area contributed by atoms with Crippen LogP contribution in [0.25, 0.3) is 0 Å². The molecule has 2 aliphatic heterocycles. The second kappa shape index (κ2) is 11.7. The SMILES string of the molecule is COc1ccc(CN2CCCC(OC)C2(/N=C(\NC#N)c2ccc3c(c2)CCNC3)OC)c(OC)c1. The minimum atomic E-state index is -1.14. The van der Waals surface area contributed by atoms with Crippen LogP contribution in [-0.2, 0) is 29.0 Å². The van der Waals surface area contributed by atoms with Crippen molar-refractivity contribution in [3.8, 4) is 17.7 Å². The molecule has 2 aliphatic rings. The first-order valence-corrected chi connectivity index (χ1v) is 12.2. The van der Waals surface area contributed by atoms with Crippen LogP contribution in [0, 0.1) is 11.5 Å². The number of rotatable bonds is 8. The molecule has 2 atom stereocenters. The van der Waals surface area contributed by atoms with Crippen LogP contribution in [0.5, 0.6) is 11.5 Å². The van der Waals surface area contributed by atoms with Crippen molar-refractivity contribution in [2.75, 3.05) is 41.5 Å². The van der Waals surface area contributed by atoms with Crippen LogP contribution < -0.4 is 20.1 Å². The minimum Gasteiger partial charge on any atom is -0.497 e. The third-order valence-electron chi connectivity index (χ3n) is 7.02. The molecule has 4 rings (SSSR count). The highest BCUT2D eigenvalue weighted by Crippen LogP contribution is 2.36. The predicted octanol–water partition coefficient (Wildman–Crippen LogP) is 2.78. The smallest absolute Gasteiger partial charge is 0.247 e. The summed E-state index contributed by atoms with van der Waals surface area (Å²) in [4.78, 5) is 7.24. The van der Waals surface area contributed by atoms with Crippen LogP contribution in [0.4, 0.5) is 0 Å². The highest BCUT2D eigenvalue weighted by Gasteiger charge is 2.48. The fraction of sp³-hybridized carbons (Fsp3) is 0.481. The number of amidine groups is 1. The van der Waals surface area contributed by atoms with Gasteiger partial charge in [-0.2, -0.15) is 5.26 Å². The molecule has 0 aliphatic carbocycles. The zero-order chi connectivity index (χ0) is 25.5. The molecule has 0 radical (unpaired) electrons. The van der Waals surface area contributed by atoms with E-state index >= 15 is 0 Å². The highest BCUT2D eigenvalue weighted by atomic mass is 16.6. The summed E-state index contributed by atoms with van der Waals surface area (Å²) >= 11 is 0. The molecule has 2 heterocycles. The molecule has 0 saturated carbocycles. The van der Waals surface area contributed by atoms with Crippen LogP contribution in [0.15, 0.2) is 41.4 Å². The molecule has 0 amide bonds. The molecule has 1 fully saturated rings. The number of likely N-dealkylation sites (tertiary alicyclic amines) is 1. The average Bonchev–Trinajstić information content (AvgIpc) is 2.93. The number of benzene rings is 2. The van der Waals surface area contributed by atoms with E-state index in [1.807, 2.05) is 24.3 Å². The van der Waals surface area contributed by atoms with Crippen LogP contribution >= 0.6 is 0 Å². The Balaban J connectivity index is 1.77. The van der Waals surface area contributed by atoms with E-state index in [1.54, 1.807) is 28.4 Å². The zero-order valence-electron chi connectivity index (χ0n) is 21.5. The standard InChI is InChI=1S/C27H35N5O4/c1-33-23-10-9-22(24(15-23)34-2)17-32-13-5-6-25(35-3)27(32,36-4)31-26(30-18-28)20-7-8-21-16-29-12-11-19(21)14-20/h7-10,14-15,25,29H,5-6,11-13,16-17H2,1-4H3,(H,30,31). The molecule has 2 unspecified atom stereocenters. The van der Waals surface area contributed by atoms with E-state index in [9.17, 15) is 5.26 Å². The summed E-state index contributed by atoms with van der Waals surface area (Å²) in [6.45, 7) is 3.03. The Labute approximate surface area is 213 Å². The summed E-state index contributed by atoms with van der Waals surface area (Å²) in [6.07, 6.45) is 4.36. The van der Waals surface area contributed by atoms with Gasteiger partial charge < -0.3 is 24.3 Å². The largest absolute Gasteiger partial charge is 0.497 e. The van der Waals surface area contributed by atoms with Crippen molar-refractivity contribution >= 4 is 5.84 Å². The van der Waals surface area contributed by atoms with Gasteiger partial charge in [-0.3, -0.25) is 5.32 Å². The van der Waals surface area contributed by atoms with Gasteiger partial charge in [0, 0.05) is 51.0 Å². The van der Waals surface area contributed by atoms with E-state index in [0.717, 1.165) is 61.5 Å². The maximum atomic E-state index is 9.60. The Morgan fingerprint density at radius 1 is 1.17 bits per heavy atom. The molecule has 0 aromatic heterocycles. The molecule has 1 saturated heterocycles. The predicted molar refractivity (Wildman–Crippen MR) is 137 cm³/mol. The van der Waals surface area contributed by atoms with Gasteiger partial charge >= 0.3 is 0 Å². The van der Waals surface area contributed by atoms with E-state index in [4.69, 9.17) is 23.9 Å². The van der Waals surface area contributed by atoms with Crippen LogP contribution in [0.2, 0.25) is 0 Å². The molecule has 2 aromatic carbocycles. The van der Waals surface area contributed by atoms with Crippen molar-refractivity contribution in [2.24, 2.45) is 4.99 Å². The number of hydrogen-bond donors (Lipinski definition) is 2. The molecule has 0 spiro atoms. The van der Waals surface area contributed by atoms with Gasteiger partial charge in [-0.05, 0) is 49.1 Å². The van der Waals surface area contributed by atoms with E-state index in [2.05, 4.69) is 33.9 Å². The Hall–Kier alpha value is -3.16. The Bertz CT molecular complexity index is 1130. The number of nitrogens with zero attached hydrogens (tertiary/aromatic N) is 3. The van der Waals surface area contributed by atoms with E-state index in [-0.39, 0.29) is 6.10 Å². The minimum absolute atomic E-state index is 0.335. The lowest BCUT2D eigenvalue weighted by molar-refractivity contribution is -0.223. The topological polar surface area (TPSA) is 100 Å². The lowest BCUT2D eigenvalue weighted by Gasteiger charge is -2.47. The number of piperidine rings is 1. The summed E-state index contributed by atoms with van der Waals surface area (Å²) in [5.74, 6) is 0.759. The van der Waals surface area contributed by atoms with E-state index in [0.29, 0.717) is 12.4 Å². The molecule has 36 heavy (non-hydrogen) atoms. The fourth-order valence-electron chi connectivity index (χ4n) is 5.12. The summed E-state index contributed by atoms with van der Waals surface area (Å²) in [5, 5.41) is 15.8. The van der Waals surface area contributed by atoms with Gasteiger partial charge in [0.2, 0.25) is 5.85 Å². The van der Waals surface area contributed by atoms with Gasteiger partial charge in [0.15, 0.2) is 6.19 Å². The summed E-state index contributed by atoms with van der Waals surface area (Å²) < 4.78 is 23.1. The number of hydrogen-bond acceptors (Lipinski definition) is 8. The second-order valence-corrected chi connectivity index (χ2v) is 8.94. The zero-order valence-corrected chi connectivity index (χ0v) is 21.5. The Morgan fingerprint density at radius 3 is 2.75 bits per heavy atom. The molecule has 9 nitrogen and oxygen atoms in total. The number of fused-ring (bicyclic) bond motifs is 1. The van der Waals surface area contributed by atoms with Gasteiger partial charge in [0.1, 0.15) is 23.4 Å². The van der Waals surface area contributed by atoms with Crippen molar-refractivity contribution in [1.29, 1.82) is 5.26 Å². The number of aliphatic imine (C=N–C) groups is 1. The van der Waals surface area contributed by atoms with Crippen molar-refractivity contribution in [3.05, 3.63) is 58.7 Å². The maximum Gasteiger partial charge on any atom is 0.247 e. The summed E-state index contributed by atoms with van der Waals surface area (Å²) in [7, 11) is 6.60. The Morgan fingerprint density at radius 2 is 2.03 bits per heavy atom. The van der Waals surface area contributed by atoms with Crippen molar-refractivity contribution < 1.29 is 18.9 Å². The first-order valence-electron chi connectivity index (χ1n) is 12.2. The van der Waals surface area contributed by atoms with Crippen LogP contribution in [-0.4, -0.2) is 64.2 Å². The van der Waals surface area contributed by atoms with Crippen LogP contribution in [0.3, 0.4) is 0 Å². The normalized spacial score (nSPS) is 22.4. The molecule has 0 bridgehead atoms. The van der Waals surface area contributed by atoms with Crippen molar-refractivity contribution in [3.63, 3.8) is 0 Å². The molecule has 2 N–H and O–H groups in total. The number of nitrogens with one attached hydrogen (secondary N) is 2. The van der Waals surface area contributed by atoms with Crippen LogP contribution in [0.1, 0.15) is 35.1 Å². The van der Waals surface area contributed by atoms with Gasteiger partial charge in [-0.1, -0.05) is 18.2 Å². The quantitative estimate of drug-likeness (QED) is 0.251. The van der Waals surface area contributed by atoms with E-state index in [1.165, 1.54) is 11.1 Å². The highest BCUT2D eigenvalue weighted by molar-refractivity contribution is 6.00. The van der Waals surface area contributed by atoms with Crippen molar-refractivity contribution in [1.82, 2.24) is 15.5 Å². The summed E-state index contributed by atoms with van der Waals surface area (Å²) in [6, 6.07) is 12.0. The molecule has 192 valence electrons. The van der Waals surface area contributed by atoms with Gasteiger partial charge in [0.05, 0.1) is 14.2 Å². The molecular formula is C27H35N5O4. The lowest BCUT2D eigenvalue weighted by atomic mass is 9.97. The molecule has 2 aromatic rings. The third-order valence-corrected chi connectivity index (χ3v) is 7.02. The third kappa shape index (κ3) is 5.18. The number of nitriles is 1. The number of methoxy groups -OCH3 is 4. The van der Waals surface area contributed by atoms with Gasteiger partial charge in [-0.25, -0.2) is 9.89 Å².